The normalized spacial score (nSPS) is 18.3. The first-order chi connectivity index (χ1) is 10.9. The van der Waals surface area contributed by atoms with Gasteiger partial charge in [0.15, 0.2) is 0 Å². The smallest absolute Gasteiger partial charge is 0.118 e. The van der Waals surface area contributed by atoms with E-state index < -0.39 is 0 Å². The summed E-state index contributed by atoms with van der Waals surface area (Å²) in [7, 11) is 0. The van der Waals surface area contributed by atoms with Gasteiger partial charge in [-0.15, -0.1) is 0 Å². The maximum Gasteiger partial charge on any atom is 0.118 e. The fraction of sp³-hybridized carbons (Fsp3) is 0.350. The molecule has 1 aliphatic carbocycles. The molecule has 122 valence electrons. The first kappa shape index (κ1) is 17.5. The van der Waals surface area contributed by atoms with Crippen LogP contribution in [0.25, 0.3) is 0 Å². The van der Waals surface area contributed by atoms with E-state index in [2.05, 4.69) is 26.1 Å². The largest absolute Gasteiger partial charge is 0.508 e. The van der Waals surface area contributed by atoms with Crippen molar-refractivity contribution in [2.45, 2.75) is 40.0 Å². The van der Waals surface area contributed by atoms with Gasteiger partial charge in [0.25, 0.3) is 0 Å². The van der Waals surface area contributed by atoms with Gasteiger partial charge in [0.1, 0.15) is 10.7 Å². The Bertz CT molecular complexity index is 653. The highest BCUT2D eigenvalue weighted by atomic mass is 32.1. The Kier molecular flexibility index (Phi) is 5.78. The van der Waals surface area contributed by atoms with Crippen LogP contribution in [0.3, 0.4) is 0 Å². The molecule has 0 amide bonds. The van der Waals surface area contributed by atoms with Crippen LogP contribution in [0.1, 0.15) is 40.0 Å². The summed E-state index contributed by atoms with van der Waals surface area (Å²) in [4.78, 5) is 0.493. The summed E-state index contributed by atoms with van der Waals surface area (Å²) in [5.74, 6) is 0.167. The van der Waals surface area contributed by atoms with Gasteiger partial charge >= 0.3 is 0 Å². The van der Waals surface area contributed by atoms with E-state index in [1.165, 1.54) is 24.0 Å². The number of hydrogen-bond donors (Lipinski definition) is 2. The van der Waals surface area contributed by atoms with Crippen molar-refractivity contribution in [3.8, 4) is 0 Å². The molecule has 0 saturated carbocycles. The number of hydrogen-bond acceptors (Lipinski definition) is 2. The molecule has 0 heterocycles. The second kappa shape index (κ2) is 7.60. The minimum Gasteiger partial charge on any atom is -0.508 e. The lowest BCUT2D eigenvalue weighted by Gasteiger charge is -2.32. The van der Waals surface area contributed by atoms with Crippen LogP contribution in [0.2, 0.25) is 0 Å². The van der Waals surface area contributed by atoms with Crippen molar-refractivity contribution in [1.82, 2.24) is 0 Å². The molecular weight excluding hydrogens is 302 g/mol. The first-order valence-corrected chi connectivity index (χ1v) is 8.44. The Balaban J connectivity index is 2.05. The SMILES string of the molecule is CC1=C(/C=C/C(O)=C/C(=S)Nc2ccccc2)C(C)(C)CCC1. The first-order valence-electron chi connectivity index (χ1n) is 8.03. The Morgan fingerprint density at radius 3 is 2.61 bits per heavy atom. The Morgan fingerprint density at radius 2 is 1.96 bits per heavy atom. The molecule has 0 aliphatic heterocycles. The van der Waals surface area contributed by atoms with Crippen molar-refractivity contribution >= 4 is 22.9 Å². The van der Waals surface area contributed by atoms with E-state index in [0.29, 0.717) is 4.99 Å². The van der Waals surface area contributed by atoms with E-state index >= 15 is 0 Å². The number of benzene rings is 1. The molecule has 0 spiro atoms. The zero-order chi connectivity index (χ0) is 16.9. The molecule has 0 atom stereocenters. The van der Waals surface area contributed by atoms with Gasteiger partial charge < -0.3 is 10.4 Å². The van der Waals surface area contributed by atoms with Crippen molar-refractivity contribution in [3.63, 3.8) is 0 Å². The molecule has 2 nitrogen and oxygen atoms in total. The maximum atomic E-state index is 10.1. The molecule has 1 aromatic rings. The summed E-state index contributed by atoms with van der Waals surface area (Å²) in [6.45, 7) is 6.71. The van der Waals surface area contributed by atoms with Crippen LogP contribution in [0.5, 0.6) is 0 Å². The second-order valence-corrected chi connectivity index (χ2v) is 7.13. The molecule has 0 saturated heterocycles. The standard InChI is InChI=1S/C20H25NOS/c1-15-8-7-13-20(2,3)18(15)12-11-17(22)14-19(23)21-16-9-5-4-6-10-16/h4-6,9-12,14,22H,7-8,13H2,1-3H3,(H,21,23)/b12-11+,17-14-. The topological polar surface area (TPSA) is 32.3 Å². The highest BCUT2D eigenvalue weighted by Gasteiger charge is 2.26. The Labute approximate surface area is 144 Å². The molecule has 0 bridgehead atoms. The molecule has 1 aliphatic rings. The molecule has 2 N–H and O–H groups in total. The van der Waals surface area contributed by atoms with Gasteiger partial charge in [-0.2, -0.15) is 0 Å². The van der Waals surface area contributed by atoms with Gasteiger partial charge in [-0.05, 0) is 55.4 Å². The summed E-state index contributed by atoms with van der Waals surface area (Å²) in [6.07, 6.45) is 8.91. The van der Waals surface area contributed by atoms with Crippen LogP contribution in [-0.4, -0.2) is 10.1 Å². The second-order valence-electron chi connectivity index (χ2n) is 6.69. The van der Waals surface area contributed by atoms with Gasteiger partial charge in [0, 0.05) is 11.8 Å². The molecule has 2 rings (SSSR count). The van der Waals surface area contributed by atoms with Crippen molar-refractivity contribution in [2.24, 2.45) is 5.41 Å². The van der Waals surface area contributed by atoms with E-state index in [1.54, 1.807) is 12.2 Å². The van der Waals surface area contributed by atoms with E-state index in [9.17, 15) is 5.11 Å². The number of para-hydroxylation sites is 1. The fourth-order valence-corrected chi connectivity index (χ4v) is 3.30. The van der Waals surface area contributed by atoms with Gasteiger partial charge in [0.2, 0.25) is 0 Å². The lowest BCUT2D eigenvalue weighted by molar-refractivity contribution is 0.376. The zero-order valence-electron chi connectivity index (χ0n) is 14.1. The van der Waals surface area contributed by atoms with Gasteiger partial charge in [0.05, 0.1) is 0 Å². The lowest BCUT2D eigenvalue weighted by atomic mass is 9.72. The summed E-state index contributed by atoms with van der Waals surface area (Å²) in [5, 5.41) is 13.2. The van der Waals surface area contributed by atoms with Crippen LogP contribution < -0.4 is 5.32 Å². The molecule has 0 radical (unpaired) electrons. The number of thiocarbonyl (C=S) groups is 1. The average Bonchev–Trinajstić information content (AvgIpc) is 2.46. The van der Waals surface area contributed by atoms with Crippen molar-refractivity contribution < 1.29 is 5.11 Å². The number of rotatable bonds is 4. The summed E-state index contributed by atoms with van der Waals surface area (Å²) < 4.78 is 0. The van der Waals surface area contributed by atoms with E-state index in [4.69, 9.17) is 12.2 Å². The number of aliphatic hydroxyl groups is 1. The molecular formula is C20H25NOS. The van der Waals surface area contributed by atoms with Crippen LogP contribution in [0, 0.1) is 5.41 Å². The third-order valence-electron chi connectivity index (χ3n) is 4.28. The molecule has 0 fully saturated rings. The van der Waals surface area contributed by atoms with Crippen LogP contribution in [-0.2, 0) is 0 Å². The molecule has 23 heavy (non-hydrogen) atoms. The third kappa shape index (κ3) is 5.07. The summed E-state index contributed by atoms with van der Waals surface area (Å²) in [6, 6.07) is 9.70. The predicted molar refractivity (Wildman–Crippen MR) is 103 cm³/mol. The van der Waals surface area contributed by atoms with Gasteiger partial charge in [-0.3, -0.25) is 0 Å². The Morgan fingerprint density at radius 1 is 1.26 bits per heavy atom. The zero-order valence-corrected chi connectivity index (χ0v) is 14.9. The molecule has 3 heteroatoms. The fourth-order valence-electron chi connectivity index (χ4n) is 3.06. The molecule has 0 aromatic heterocycles. The monoisotopic (exact) mass is 327 g/mol. The maximum absolute atomic E-state index is 10.1. The van der Waals surface area contributed by atoms with Crippen molar-refractivity contribution in [3.05, 3.63) is 65.5 Å². The van der Waals surface area contributed by atoms with E-state index in [0.717, 1.165) is 12.1 Å². The third-order valence-corrected chi connectivity index (χ3v) is 4.50. The Hall–Kier alpha value is -1.87. The highest BCUT2D eigenvalue weighted by molar-refractivity contribution is 7.81. The minimum absolute atomic E-state index is 0.167. The van der Waals surface area contributed by atoms with Crippen molar-refractivity contribution in [1.29, 1.82) is 0 Å². The number of aliphatic hydroxyl groups excluding tert-OH is 1. The summed E-state index contributed by atoms with van der Waals surface area (Å²) >= 11 is 5.26. The van der Waals surface area contributed by atoms with Crippen LogP contribution in [0.15, 0.2) is 65.5 Å². The number of allylic oxidation sites excluding steroid dienone is 4. The molecule has 0 unspecified atom stereocenters. The number of nitrogens with one attached hydrogen (secondary N) is 1. The molecule has 1 aromatic carbocycles. The highest BCUT2D eigenvalue weighted by Crippen LogP contribution is 2.40. The van der Waals surface area contributed by atoms with Crippen LogP contribution in [0.4, 0.5) is 5.69 Å². The van der Waals surface area contributed by atoms with Crippen molar-refractivity contribution in [2.75, 3.05) is 5.32 Å². The summed E-state index contributed by atoms with van der Waals surface area (Å²) in [5.41, 5.74) is 3.82. The van der Waals surface area contributed by atoms with Gasteiger partial charge in [-0.1, -0.05) is 55.9 Å². The minimum atomic E-state index is 0.167. The van der Waals surface area contributed by atoms with E-state index in [1.807, 2.05) is 36.4 Å². The predicted octanol–water partition coefficient (Wildman–Crippen LogP) is 5.95. The van der Waals surface area contributed by atoms with Gasteiger partial charge in [-0.25, -0.2) is 0 Å². The number of anilines is 1. The van der Waals surface area contributed by atoms with Crippen LogP contribution >= 0.6 is 12.2 Å². The lowest BCUT2D eigenvalue weighted by Crippen LogP contribution is -2.19. The van der Waals surface area contributed by atoms with E-state index in [-0.39, 0.29) is 11.2 Å². The quantitative estimate of drug-likeness (QED) is 0.310. The average molecular weight is 327 g/mol.